The van der Waals surface area contributed by atoms with E-state index in [1.807, 2.05) is 24.3 Å². The number of aliphatic hydroxyl groups is 1. The van der Waals surface area contributed by atoms with Crippen LogP contribution in [0.25, 0.3) is 22.4 Å². The van der Waals surface area contributed by atoms with Gasteiger partial charge in [0.2, 0.25) is 0 Å². The number of furan rings is 1. The van der Waals surface area contributed by atoms with Crippen molar-refractivity contribution in [2.75, 3.05) is 43.8 Å². The lowest BCUT2D eigenvalue weighted by atomic mass is 9.97. The molecular formula is C29H28N6O4. The predicted molar refractivity (Wildman–Crippen MR) is 147 cm³/mol. The number of hydrogen-bond donors (Lipinski definition) is 4. The SMILES string of the molecule is N#Cc1c(-c2cccc(NC(O)CN3CCN(C(=O)c4ccco4)CC3)c2)cc(-c2ccccc2O)nc1N. The maximum absolute atomic E-state index is 12.5. The van der Waals surface area contributed by atoms with Crippen LogP contribution in [0.4, 0.5) is 11.5 Å². The highest BCUT2D eigenvalue weighted by Gasteiger charge is 2.25. The van der Waals surface area contributed by atoms with E-state index < -0.39 is 6.23 Å². The van der Waals surface area contributed by atoms with Crippen LogP contribution in [0, 0.1) is 11.3 Å². The van der Waals surface area contributed by atoms with Gasteiger partial charge in [-0.2, -0.15) is 5.26 Å². The number of nitriles is 1. The molecular weight excluding hydrogens is 496 g/mol. The van der Waals surface area contributed by atoms with Gasteiger partial charge in [0.25, 0.3) is 5.91 Å². The second-order valence-corrected chi connectivity index (χ2v) is 9.26. The lowest BCUT2D eigenvalue weighted by Gasteiger charge is -2.35. The molecule has 1 aliphatic heterocycles. The third-order valence-corrected chi connectivity index (χ3v) is 6.67. The number of aliphatic hydroxyl groups excluding tert-OH is 1. The highest BCUT2D eigenvalue weighted by molar-refractivity contribution is 5.91. The Morgan fingerprint density at radius 3 is 2.59 bits per heavy atom. The third-order valence-electron chi connectivity index (χ3n) is 6.67. The number of nitrogens with two attached hydrogens (primary N) is 1. The van der Waals surface area contributed by atoms with Gasteiger partial charge in [0, 0.05) is 49.5 Å². The number of benzene rings is 2. The van der Waals surface area contributed by atoms with Crippen molar-refractivity contribution in [2.24, 2.45) is 0 Å². The molecule has 1 aliphatic rings. The van der Waals surface area contributed by atoms with E-state index in [2.05, 4.69) is 21.3 Å². The number of anilines is 2. The van der Waals surface area contributed by atoms with Crippen LogP contribution in [0.3, 0.4) is 0 Å². The standard InChI is InChI=1S/C29H28N6O4/c30-17-23-22(16-24(33-28(23)31)21-7-1-2-8-25(21)36)19-5-3-6-20(15-19)32-27(37)18-34-10-12-35(13-11-34)29(38)26-9-4-14-39-26/h1-9,14-16,27,32,36-37H,10-13,18H2,(H2,31,33). The average Bonchev–Trinajstić information content (AvgIpc) is 3.48. The summed E-state index contributed by atoms with van der Waals surface area (Å²) >= 11 is 0. The van der Waals surface area contributed by atoms with Crippen molar-refractivity contribution in [1.82, 2.24) is 14.8 Å². The second-order valence-electron chi connectivity index (χ2n) is 9.26. The molecule has 39 heavy (non-hydrogen) atoms. The zero-order valence-electron chi connectivity index (χ0n) is 21.1. The number of hydrogen-bond acceptors (Lipinski definition) is 9. The topological polar surface area (TPSA) is 152 Å². The van der Waals surface area contributed by atoms with Crippen molar-refractivity contribution in [3.8, 4) is 34.2 Å². The van der Waals surface area contributed by atoms with E-state index in [1.165, 1.54) is 6.26 Å². The minimum atomic E-state index is -0.859. The number of nitrogen functional groups attached to an aromatic ring is 1. The molecule has 4 aromatic rings. The van der Waals surface area contributed by atoms with Crippen LogP contribution in [-0.2, 0) is 0 Å². The molecule has 1 saturated heterocycles. The molecule has 5 N–H and O–H groups in total. The van der Waals surface area contributed by atoms with E-state index in [-0.39, 0.29) is 23.0 Å². The number of amides is 1. The van der Waals surface area contributed by atoms with Crippen molar-refractivity contribution in [3.05, 3.63) is 84.3 Å². The molecule has 198 valence electrons. The first-order valence-electron chi connectivity index (χ1n) is 12.5. The summed E-state index contributed by atoms with van der Waals surface area (Å²) in [6.45, 7) is 2.71. The van der Waals surface area contributed by atoms with E-state index in [4.69, 9.17) is 10.2 Å². The Bertz CT molecular complexity index is 1510. The maximum Gasteiger partial charge on any atom is 0.289 e. The molecule has 1 atom stereocenters. The van der Waals surface area contributed by atoms with Crippen LogP contribution < -0.4 is 11.1 Å². The van der Waals surface area contributed by atoms with Gasteiger partial charge in [-0.05, 0) is 48.0 Å². The van der Waals surface area contributed by atoms with Gasteiger partial charge < -0.3 is 30.6 Å². The molecule has 0 spiro atoms. The third kappa shape index (κ3) is 5.70. The lowest BCUT2D eigenvalue weighted by molar-refractivity contribution is 0.0536. The molecule has 10 heteroatoms. The first kappa shape index (κ1) is 25.8. The molecule has 0 bridgehead atoms. The maximum atomic E-state index is 12.5. The zero-order chi connectivity index (χ0) is 27.4. The fraction of sp³-hybridized carbons (Fsp3) is 0.207. The molecule has 1 amide bonds. The number of para-hydroxylation sites is 1. The zero-order valence-corrected chi connectivity index (χ0v) is 21.1. The number of β-amino-alcohol motifs (C(OH)–C–C–N with tert-alkyl or cyclic N) is 1. The van der Waals surface area contributed by atoms with Gasteiger partial charge in [0.05, 0.1) is 12.0 Å². The summed E-state index contributed by atoms with van der Waals surface area (Å²) in [7, 11) is 0. The number of pyridine rings is 1. The highest BCUT2D eigenvalue weighted by atomic mass is 16.3. The first-order valence-corrected chi connectivity index (χ1v) is 12.5. The van der Waals surface area contributed by atoms with E-state index in [0.29, 0.717) is 66.6 Å². The van der Waals surface area contributed by atoms with Gasteiger partial charge in [0.1, 0.15) is 29.4 Å². The number of rotatable bonds is 7. The van der Waals surface area contributed by atoms with Gasteiger partial charge in [-0.15, -0.1) is 0 Å². The molecule has 2 aromatic carbocycles. The van der Waals surface area contributed by atoms with Crippen LogP contribution in [0.5, 0.6) is 5.75 Å². The predicted octanol–water partition coefficient (Wildman–Crippen LogP) is 3.36. The van der Waals surface area contributed by atoms with E-state index in [0.717, 1.165) is 0 Å². The van der Waals surface area contributed by atoms with Crippen molar-refractivity contribution in [1.29, 1.82) is 5.26 Å². The fourth-order valence-electron chi connectivity index (χ4n) is 4.69. The van der Waals surface area contributed by atoms with E-state index in [9.17, 15) is 20.3 Å². The monoisotopic (exact) mass is 524 g/mol. The van der Waals surface area contributed by atoms with Crippen molar-refractivity contribution < 1.29 is 19.4 Å². The molecule has 2 aromatic heterocycles. The Balaban J connectivity index is 1.27. The van der Waals surface area contributed by atoms with Crippen LogP contribution in [-0.4, -0.2) is 69.9 Å². The molecule has 3 heterocycles. The average molecular weight is 525 g/mol. The number of phenols is 1. The van der Waals surface area contributed by atoms with E-state index >= 15 is 0 Å². The Morgan fingerprint density at radius 1 is 1.08 bits per heavy atom. The lowest BCUT2D eigenvalue weighted by Crippen LogP contribution is -2.51. The number of phenolic OH excluding ortho intramolecular Hbond substituents is 1. The van der Waals surface area contributed by atoms with Gasteiger partial charge in [0.15, 0.2) is 5.76 Å². The van der Waals surface area contributed by atoms with Crippen molar-refractivity contribution in [3.63, 3.8) is 0 Å². The summed E-state index contributed by atoms with van der Waals surface area (Å²) in [4.78, 5) is 20.6. The fourth-order valence-corrected chi connectivity index (χ4v) is 4.69. The summed E-state index contributed by atoms with van der Waals surface area (Å²) in [6.07, 6.45) is 0.625. The molecule has 1 fully saturated rings. The van der Waals surface area contributed by atoms with Gasteiger partial charge in [-0.1, -0.05) is 24.3 Å². The van der Waals surface area contributed by atoms with Gasteiger partial charge in [-0.25, -0.2) is 4.98 Å². The summed E-state index contributed by atoms with van der Waals surface area (Å²) < 4.78 is 5.21. The minimum absolute atomic E-state index is 0.0600. The van der Waals surface area contributed by atoms with Crippen LogP contribution in [0.2, 0.25) is 0 Å². The number of aromatic nitrogens is 1. The van der Waals surface area contributed by atoms with Crippen LogP contribution in [0.1, 0.15) is 16.1 Å². The molecule has 5 rings (SSSR count). The summed E-state index contributed by atoms with van der Waals surface area (Å²) in [5, 5.41) is 33.9. The quantitative estimate of drug-likeness (QED) is 0.267. The van der Waals surface area contributed by atoms with E-state index in [1.54, 1.807) is 47.4 Å². The number of aromatic hydroxyl groups is 1. The Hall–Kier alpha value is -4.85. The molecule has 1 unspecified atom stereocenters. The number of carbonyl (C=O) groups excluding carboxylic acids is 1. The summed E-state index contributed by atoms with van der Waals surface area (Å²) in [6, 6.07) is 21.3. The van der Waals surface area contributed by atoms with Crippen LogP contribution >= 0.6 is 0 Å². The number of nitrogens with zero attached hydrogens (tertiary/aromatic N) is 4. The number of carbonyl (C=O) groups is 1. The van der Waals surface area contributed by atoms with Crippen LogP contribution in [0.15, 0.2) is 77.4 Å². The number of piperazine rings is 1. The number of nitrogens with one attached hydrogen (secondary N) is 1. The summed E-state index contributed by atoms with van der Waals surface area (Å²) in [5.41, 5.74) is 9.25. The van der Waals surface area contributed by atoms with Gasteiger partial charge in [-0.3, -0.25) is 9.69 Å². The first-order chi connectivity index (χ1) is 18.9. The molecule has 0 saturated carbocycles. The van der Waals surface area contributed by atoms with Crippen molar-refractivity contribution >= 4 is 17.4 Å². The largest absolute Gasteiger partial charge is 0.507 e. The normalized spacial score (nSPS) is 14.5. The van der Waals surface area contributed by atoms with Crippen molar-refractivity contribution in [2.45, 2.75) is 6.23 Å². The second kappa shape index (κ2) is 11.3. The van der Waals surface area contributed by atoms with Gasteiger partial charge >= 0.3 is 0 Å². The Kier molecular flexibility index (Phi) is 7.45. The Morgan fingerprint density at radius 2 is 1.87 bits per heavy atom. The molecule has 10 nitrogen and oxygen atoms in total. The Labute approximate surface area is 225 Å². The highest BCUT2D eigenvalue weighted by Crippen LogP contribution is 2.35. The smallest absolute Gasteiger partial charge is 0.289 e. The molecule has 0 aliphatic carbocycles. The minimum Gasteiger partial charge on any atom is -0.507 e. The summed E-state index contributed by atoms with van der Waals surface area (Å²) in [5.74, 6) is 0.323. The molecule has 0 radical (unpaired) electrons.